The molecular formula is C14H13N3O4. The lowest BCUT2D eigenvalue weighted by molar-refractivity contribution is 0.0685. The number of aliphatic hydroxyl groups is 1. The lowest BCUT2D eigenvalue weighted by atomic mass is 10.1. The van der Waals surface area contributed by atoms with Crippen molar-refractivity contribution in [3.05, 3.63) is 53.6 Å². The number of hydrogen-bond donors (Lipinski definition) is 3. The van der Waals surface area contributed by atoms with E-state index in [9.17, 15) is 9.59 Å². The van der Waals surface area contributed by atoms with Crippen LogP contribution in [0.1, 0.15) is 26.5 Å². The largest absolute Gasteiger partial charge is 0.476 e. The molecule has 0 fully saturated rings. The van der Waals surface area contributed by atoms with Crippen LogP contribution in [0, 0.1) is 0 Å². The molecule has 0 saturated heterocycles. The molecule has 108 valence electrons. The van der Waals surface area contributed by atoms with E-state index in [0.717, 1.165) is 5.56 Å². The van der Waals surface area contributed by atoms with Gasteiger partial charge >= 0.3 is 5.97 Å². The summed E-state index contributed by atoms with van der Waals surface area (Å²) in [4.78, 5) is 30.4. The molecular weight excluding hydrogens is 274 g/mol. The van der Waals surface area contributed by atoms with Gasteiger partial charge in [-0.25, -0.2) is 14.8 Å². The zero-order valence-electron chi connectivity index (χ0n) is 11.0. The second-order valence-electron chi connectivity index (χ2n) is 4.18. The highest BCUT2D eigenvalue weighted by atomic mass is 16.4. The van der Waals surface area contributed by atoms with Crippen molar-refractivity contribution in [2.45, 2.75) is 6.42 Å². The van der Waals surface area contributed by atoms with E-state index in [4.69, 9.17) is 10.2 Å². The molecule has 0 aliphatic rings. The average molecular weight is 287 g/mol. The minimum absolute atomic E-state index is 0.0489. The molecule has 0 spiro atoms. The lowest BCUT2D eigenvalue weighted by Crippen LogP contribution is -2.19. The van der Waals surface area contributed by atoms with Crippen molar-refractivity contribution in [2.75, 3.05) is 11.9 Å². The lowest BCUT2D eigenvalue weighted by Gasteiger charge is -2.07. The Balaban J connectivity index is 2.16. The number of benzene rings is 1. The average Bonchev–Trinajstić information content (AvgIpc) is 2.49. The van der Waals surface area contributed by atoms with Gasteiger partial charge in [-0.1, -0.05) is 12.1 Å². The first kappa shape index (κ1) is 14.6. The Hall–Kier alpha value is -2.80. The molecule has 1 aromatic carbocycles. The zero-order valence-corrected chi connectivity index (χ0v) is 11.0. The summed E-state index contributed by atoms with van der Waals surface area (Å²) in [5.74, 6) is -1.96. The van der Waals surface area contributed by atoms with Gasteiger partial charge < -0.3 is 15.5 Å². The van der Waals surface area contributed by atoms with Crippen LogP contribution in [0.25, 0.3) is 0 Å². The fourth-order valence-electron chi connectivity index (χ4n) is 1.73. The number of carboxylic acids is 1. The minimum atomic E-state index is -1.31. The van der Waals surface area contributed by atoms with E-state index in [2.05, 4.69) is 15.3 Å². The molecule has 1 aromatic heterocycles. The zero-order chi connectivity index (χ0) is 15.2. The van der Waals surface area contributed by atoms with Gasteiger partial charge in [-0.2, -0.15) is 0 Å². The highest BCUT2D eigenvalue weighted by Crippen LogP contribution is 2.12. The summed E-state index contributed by atoms with van der Waals surface area (Å²) in [5, 5.41) is 20.4. The highest BCUT2D eigenvalue weighted by Gasteiger charge is 2.19. The van der Waals surface area contributed by atoms with E-state index in [1.807, 2.05) is 0 Å². The topological polar surface area (TPSA) is 112 Å². The fraction of sp³-hybridized carbons (Fsp3) is 0.143. The number of nitrogens with one attached hydrogen (secondary N) is 1. The molecule has 0 unspecified atom stereocenters. The second-order valence-corrected chi connectivity index (χ2v) is 4.18. The summed E-state index contributed by atoms with van der Waals surface area (Å²) < 4.78 is 0. The molecule has 7 nitrogen and oxygen atoms in total. The standard InChI is InChI=1S/C14H13N3O4/c18-8-5-9-1-3-10(4-2-9)17-13(19)11-12(14(20)21)16-7-6-15-11/h1-4,6-7,18H,5,8H2,(H,17,19)(H,20,21). The maximum Gasteiger partial charge on any atom is 0.356 e. The molecule has 7 heteroatoms. The van der Waals surface area contributed by atoms with E-state index in [1.165, 1.54) is 12.4 Å². The van der Waals surface area contributed by atoms with Crippen LogP contribution in [0.3, 0.4) is 0 Å². The van der Waals surface area contributed by atoms with Crippen LogP contribution in [0.2, 0.25) is 0 Å². The van der Waals surface area contributed by atoms with Crippen LogP contribution in [-0.4, -0.2) is 38.7 Å². The summed E-state index contributed by atoms with van der Waals surface area (Å²) in [6, 6.07) is 6.86. The SMILES string of the molecule is O=C(O)c1nccnc1C(=O)Nc1ccc(CCO)cc1. The summed E-state index contributed by atoms with van der Waals surface area (Å²) in [6.07, 6.45) is 3.00. The second kappa shape index (κ2) is 6.58. The Kier molecular flexibility index (Phi) is 4.57. The van der Waals surface area contributed by atoms with Crippen molar-refractivity contribution in [3.8, 4) is 0 Å². The predicted octanol–water partition coefficient (Wildman–Crippen LogP) is 0.962. The molecule has 0 radical (unpaired) electrons. The first-order valence-corrected chi connectivity index (χ1v) is 6.17. The number of aromatic nitrogens is 2. The number of carbonyl (C=O) groups is 2. The number of aliphatic hydroxyl groups excluding tert-OH is 1. The van der Waals surface area contributed by atoms with Crippen LogP contribution < -0.4 is 5.32 Å². The molecule has 1 amide bonds. The van der Waals surface area contributed by atoms with Gasteiger partial charge in [0.15, 0.2) is 11.4 Å². The number of anilines is 1. The van der Waals surface area contributed by atoms with Crippen molar-refractivity contribution in [3.63, 3.8) is 0 Å². The molecule has 1 heterocycles. The van der Waals surface area contributed by atoms with Crippen molar-refractivity contribution < 1.29 is 19.8 Å². The number of aromatic carboxylic acids is 1. The summed E-state index contributed by atoms with van der Waals surface area (Å²) in [5.41, 5.74) is 0.793. The quantitative estimate of drug-likeness (QED) is 0.755. The Morgan fingerprint density at radius 3 is 2.24 bits per heavy atom. The smallest absolute Gasteiger partial charge is 0.356 e. The summed E-state index contributed by atoms with van der Waals surface area (Å²) in [6.45, 7) is 0.0489. The normalized spacial score (nSPS) is 10.1. The molecule has 3 N–H and O–H groups in total. The van der Waals surface area contributed by atoms with Gasteiger partial charge in [0.1, 0.15) is 0 Å². The molecule has 2 aromatic rings. The number of hydrogen-bond acceptors (Lipinski definition) is 5. The molecule has 0 aliphatic carbocycles. The minimum Gasteiger partial charge on any atom is -0.476 e. The Morgan fingerprint density at radius 2 is 1.67 bits per heavy atom. The van der Waals surface area contributed by atoms with Gasteiger partial charge in [-0.05, 0) is 24.1 Å². The van der Waals surface area contributed by atoms with E-state index >= 15 is 0 Å². The van der Waals surface area contributed by atoms with Gasteiger partial charge in [0.25, 0.3) is 5.91 Å². The van der Waals surface area contributed by atoms with Gasteiger partial charge in [-0.15, -0.1) is 0 Å². The van der Waals surface area contributed by atoms with Crippen LogP contribution in [0.5, 0.6) is 0 Å². The van der Waals surface area contributed by atoms with Crippen molar-refractivity contribution >= 4 is 17.6 Å². The Morgan fingerprint density at radius 1 is 1.05 bits per heavy atom. The van der Waals surface area contributed by atoms with Gasteiger partial charge in [0.05, 0.1) is 0 Å². The highest BCUT2D eigenvalue weighted by molar-refractivity contribution is 6.08. The van der Waals surface area contributed by atoms with E-state index in [1.54, 1.807) is 24.3 Å². The number of amides is 1. The van der Waals surface area contributed by atoms with E-state index in [0.29, 0.717) is 12.1 Å². The third-order valence-corrected chi connectivity index (χ3v) is 2.73. The van der Waals surface area contributed by atoms with Crippen molar-refractivity contribution in [1.82, 2.24) is 9.97 Å². The van der Waals surface area contributed by atoms with Gasteiger partial charge in [-0.3, -0.25) is 4.79 Å². The molecule has 2 rings (SSSR count). The first-order valence-electron chi connectivity index (χ1n) is 6.17. The number of carboxylic acid groups (broad SMARTS) is 1. The maximum atomic E-state index is 12.0. The van der Waals surface area contributed by atoms with Gasteiger partial charge in [0.2, 0.25) is 0 Å². The van der Waals surface area contributed by atoms with Gasteiger partial charge in [0, 0.05) is 24.7 Å². The first-order chi connectivity index (χ1) is 10.1. The molecule has 0 saturated carbocycles. The number of carbonyl (C=O) groups excluding carboxylic acids is 1. The predicted molar refractivity (Wildman–Crippen MR) is 74.2 cm³/mol. The summed E-state index contributed by atoms with van der Waals surface area (Å²) in [7, 11) is 0. The van der Waals surface area contributed by atoms with Crippen LogP contribution in [0.4, 0.5) is 5.69 Å². The molecule has 0 atom stereocenters. The molecule has 0 aliphatic heterocycles. The number of nitrogens with zero attached hydrogens (tertiary/aromatic N) is 2. The van der Waals surface area contributed by atoms with Crippen LogP contribution in [-0.2, 0) is 6.42 Å². The molecule has 0 bridgehead atoms. The molecule has 21 heavy (non-hydrogen) atoms. The van der Waals surface area contributed by atoms with Crippen LogP contribution in [0.15, 0.2) is 36.7 Å². The third-order valence-electron chi connectivity index (χ3n) is 2.73. The third kappa shape index (κ3) is 3.61. The van der Waals surface area contributed by atoms with E-state index < -0.39 is 17.6 Å². The van der Waals surface area contributed by atoms with E-state index in [-0.39, 0.29) is 12.3 Å². The van der Waals surface area contributed by atoms with Crippen molar-refractivity contribution in [2.24, 2.45) is 0 Å². The number of rotatable bonds is 5. The Bertz CT molecular complexity index is 656. The fourth-order valence-corrected chi connectivity index (χ4v) is 1.73. The van der Waals surface area contributed by atoms with Crippen molar-refractivity contribution in [1.29, 1.82) is 0 Å². The maximum absolute atomic E-state index is 12.0. The Labute approximate surface area is 120 Å². The monoisotopic (exact) mass is 287 g/mol. The van der Waals surface area contributed by atoms with Crippen LogP contribution >= 0.6 is 0 Å². The summed E-state index contributed by atoms with van der Waals surface area (Å²) >= 11 is 0.